The van der Waals surface area contributed by atoms with E-state index in [0.717, 1.165) is 60.7 Å². The van der Waals surface area contributed by atoms with Crippen molar-refractivity contribution in [3.05, 3.63) is 47.5 Å². The van der Waals surface area contributed by atoms with E-state index in [0.29, 0.717) is 9.90 Å². The summed E-state index contributed by atoms with van der Waals surface area (Å²) in [5.41, 5.74) is 2.36. The van der Waals surface area contributed by atoms with Crippen LogP contribution in [-0.2, 0) is 10.0 Å². The van der Waals surface area contributed by atoms with Gasteiger partial charge in [0.2, 0.25) is 0 Å². The van der Waals surface area contributed by atoms with Crippen LogP contribution in [0.3, 0.4) is 0 Å². The van der Waals surface area contributed by atoms with E-state index >= 15 is 0 Å². The smallest absolute Gasteiger partial charge is 0.273 e. The van der Waals surface area contributed by atoms with E-state index < -0.39 is 10.0 Å². The fourth-order valence-corrected chi connectivity index (χ4v) is 8.05. The van der Waals surface area contributed by atoms with E-state index in [-0.39, 0.29) is 11.4 Å². The Kier molecular flexibility index (Phi) is 5.83. The average Bonchev–Trinajstić information content (AvgIpc) is 3.55. The third-order valence-corrected chi connectivity index (χ3v) is 11.0. The molecule has 1 fully saturated rings. The number of hydrogen-bond donors (Lipinski definition) is 2. The van der Waals surface area contributed by atoms with Crippen LogP contribution in [0.2, 0.25) is 0 Å². The number of piperidine rings is 1. The zero-order chi connectivity index (χ0) is 22.3. The fraction of sp³-hybridized carbons (Fsp3) is 0.409. The monoisotopic (exact) mass is 490 g/mol. The minimum atomic E-state index is -3.61. The molecule has 4 heterocycles. The molecule has 1 aromatic carbocycles. The highest BCUT2D eigenvalue weighted by Crippen LogP contribution is 2.43. The maximum absolute atomic E-state index is 13.1. The number of thiophene rings is 1. The van der Waals surface area contributed by atoms with Crippen LogP contribution in [0.1, 0.15) is 18.5 Å². The molecule has 1 saturated heterocycles. The van der Waals surface area contributed by atoms with Gasteiger partial charge in [-0.25, -0.2) is 8.42 Å². The number of aliphatic hydroxyl groups is 1. The van der Waals surface area contributed by atoms with Crippen LogP contribution in [0.4, 0.5) is 5.69 Å². The van der Waals surface area contributed by atoms with Gasteiger partial charge < -0.3 is 15.0 Å². The zero-order valence-corrected chi connectivity index (χ0v) is 20.3. The van der Waals surface area contributed by atoms with Crippen molar-refractivity contribution in [1.82, 2.24) is 9.88 Å². The summed E-state index contributed by atoms with van der Waals surface area (Å²) in [5.74, 6) is 0. The Hall–Kier alpha value is -1.85. The second-order valence-corrected chi connectivity index (χ2v) is 12.9. The van der Waals surface area contributed by atoms with Gasteiger partial charge in [0.05, 0.1) is 30.0 Å². The van der Waals surface area contributed by atoms with E-state index in [1.807, 2.05) is 30.0 Å². The maximum Gasteiger partial charge on any atom is 0.273 e. The molecule has 2 aliphatic rings. The number of benzene rings is 1. The van der Waals surface area contributed by atoms with Gasteiger partial charge >= 0.3 is 0 Å². The summed E-state index contributed by atoms with van der Waals surface area (Å²) < 4.78 is 27.9. The van der Waals surface area contributed by atoms with E-state index in [1.165, 1.54) is 15.6 Å². The van der Waals surface area contributed by atoms with E-state index in [4.69, 9.17) is 4.99 Å². The quantitative estimate of drug-likeness (QED) is 0.553. The average molecular weight is 491 g/mol. The lowest BCUT2D eigenvalue weighted by Crippen LogP contribution is -2.44. The maximum atomic E-state index is 13.1. The van der Waals surface area contributed by atoms with Gasteiger partial charge in [-0.3, -0.25) is 9.30 Å². The summed E-state index contributed by atoms with van der Waals surface area (Å²) >= 11 is 3.06. The number of H-pyrrole nitrogens is 1. The van der Waals surface area contributed by atoms with Crippen molar-refractivity contribution >= 4 is 54.8 Å². The number of aliphatic imine (C=N–C) groups is 1. The van der Waals surface area contributed by atoms with Crippen LogP contribution in [-0.4, -0.2) is 73.0 Å². The number of thioether (sulfide) groups is 1. The van der Waals surface area contributed by atoms with Crippen LogP contribution in [0.15, 0.2) is 51.0 Å². The van der Waals surface area contributed by atoms with Crippen molar-refractivity contribution in [3.63, 3.8) is 0 Å². The molecule has 0 aliphatic carbocycles. The number of β-amino-alcohol motifs (C(OH)–C–C–N with tert-alkyl or cyclic N) is 1. The third kappa shape index (κ3) is 3.88. The molecule has 0 amide bonds. The normalized spacial score (nSPS) is 19.0. The van der Waals surface area contributed by atoms with Crippen LogP contribution in [0.5, 0.6) is 0 Å². The van der Waals surface area contributed by atoms with Crippen LogP contribution < -0.4 is 4.31 Å². The highest BCUT2D eigenvalue weighted by Gasteiger charge is 2.40. The molecule has 10 heteroatoms. The summed E-state index contributed by atoms with van der Waals surface area (Å²) in [5, 5.41) is 12.9. The largest absolute Gasteiger partial charge is 0.395 e. The second kappa shape index (κ2) is 8.49. The van der Waals surface area contributed by atoms with Crippen molar-refractivity contribution in [2.45, 2.75) is 21.8 Å². The Morgan fingerprint density at radius 1 is 1.25 bits per heavy atom. The number of nitrogens with one attached hydrogen (secondary N) is 1. The van der Waals surface area contributed by atoms with Gasteiger partial charge in [-0.05, 0) is 49.5 Å². The molecule has 2 N–H and O–H groups in total. The summed E-state index contributed by atoms with van der Waals surface area (Å²) in [6, 6.07) is 11.2. The van der Waals surface area contributed by atoms with E-state index in [2.05, 4.69) is 16.0 Å². The van der Waals surface area contributed by atoms with Crippen molar-refractivity contribution in [3.8, 4) is 0 Å². The topological polar surface area (TPSA) is 89.0 Å². The van der Waals surface area contributed by atoms with Gasteiger partial charge in [0.15, 0.2) is 0 Å². The van der Waals surface area contributed by atoms with E-state index in [9.17, 15) is 13.5 Å². The first-order valence-corrected chi connectivity index (χ1v) is 13.8. The Morgan fingerprint density at radius 3 is 2.78 bits per heavy atom. The third-order valence-electron chi connectivity index (χ3n) is 6.32. The minimum absolute atomic E-state index is 0.126. The van der Waals surface area contributed by atoms with Crippen molar-refractivity contribution in [2.75, 3.05) is 44.1 Å². The molecule has 2 aliphatic heterocycles. The molecule has 0 unspecified atom stereocenters. The summed E-state index contributed by atoms with van der Waals surface area (Å²) in [4.78, 5) is 10.6. The predicted molar refractivity (Wildman–Crippen MR) is 133 cm³/mol. The highest BCUT2D eigenvalue weighted by molar-refractivity contribution is 8.15. The number of nitrogens with zero attached hydrogens (tertiary/aromatic N) is 3. The van der Waals surface area contributed by atoms with Gasteiger partial charge in [0.1, 0.15) is 9.25 Å². The van der Waals surface area contributed by atoms with Crippen LogP contribution in [0.25, 0.3) is 10.9 Å². The number of hydrogen-bond acceptors (Lipinski definition) is 7. The summed E-state index contributed by atoms with van der Waals surface area (Å²) in [6.45, 7) is 3.71. The molecule has 170 valence electrons. The first-order valence-electron chi connectivity index (χ1n) is 10.6. The van der Waals surface area contributed by atoms with Gasteiger partial charge in [-0.15, -0.1) is 11.3 Å². The molecule has 32 heavy (non-hydrogen) atoms. The van der Waals surface area contributed by atoms with Crippen molar-refractivity contribution < 1.29 is 13.5 Å². The molecule has 0 saturated carbocycles. The fourth-order valence-electron chi connectivity index (χ4n) is 4.40. The minimum Gasteiger partial charge on any atom is -0.395 e. The first kappa shape index (κ1) is 22.0. The van der Waals surface area contributed by atoms with Gasteiger partial charge in [0, 0.05) is 23.7 Å². The lowest BCUT2D eigenvalue weighted by Gasteiger charge is -2.37. The van der Waals surface area contributed by atoms with Crippen molar-refractivity contribution in [1.29, 1.82) is 0 Å². The van der Waals surface area contributed by atoms with Gasteiger partial charge in [-0.1, -0.05) is 30.0 Å². The molecule has 7 nitrogen and oxygen atoms in total. The number of fused-ring (bicyclic) bond motifs is 1. The molecule has 3 aromatic rings. The Balaban J connectivity index is 1.40. The molecular weight excluding hydrogens is 464 g/mol. The molecule has 0 radical (unpaired) electrons. The summed E-state index contributed by atoms with van der Waals surface area (Å²) in [7, 11) is -2.01. The van der Waals surface area contributed by atoms with Crippen LogP contribution in [0, 0.1) is 0 Å². The standard InChI is InChI=1S/C22H26N4O3S3/c1-25(32(28,29)19-6-3-13-30-19)18-5-2-4-16-14-17(24-20(16)18)21-23-15-22(31-21)7-9-26(10-8-22)11-12-27/h2-6,13-14,24,27H,7-12,15H2,1H3. The summed E-state index contributed by atoms with van der Waals surface area (Å²) in [6.07, 6.45) is 2.11. The van der Waals surface area contributed by atoms with E-state index in [1.54, 1.807) is 24.6 Å². The Labute approximate surface area is 196 Å². The molecule has 0 atom stereocenters. The number of aliphatic hydroxyl groups excluding tert-OH is 1. The number of anilines is 1. The lowest BCUT2D eigenvalue weighted by molar-refractivity contribution is 0.159. The molecule has 5 rings (SSSR count). The molecule has 2 aromatic heterocycles. The Bertz CT molecular complexity index is 1240. The SMILES string of the molecule is CN(c1cccc2cc(C3=NCC4(CCN(CCO)CC4)S3)[nH]c12)S(=O)(=O)c1cccs1. The molecule has 1 spiro atoms. The second-order valence-electron chi connectivity index (χ2n) is 8.30. The lowest BCUT2D eigenvalue weighted by atomic mass is 9.96. The number of rotatable bonds is 6. The number of sulfonamides is 1. The Morgan fingerprint density at radius 2 is 2.06 bits per heavy atom. The molecular formula is C22H26N4O3S3. The first-order chi connectivity index (χ1) is 15.4. The number of para-hydroxylation sites is 1. The number of likely N-dealkylation sites (tertiary alicyclic amines) is 1. The number of aromatic nitrogens is 1. The number of aromatic amines is 1. The van der Waals surface area contributed by atoms with Crippen molar-refractivity contribution in [2.24, 2.45) is 4.99 Å². The highest BCUT2D eigenvalue weighted by atomic mass is 32.2. The zero-order valence-electron chi connectivity index (χ0n) is 17.8. The van der Waals surface area contributed by atoms with Gasteiger partial charge in [-0.2, -0.15) is 0 Å². The van der Waals surface area contributed by atoms with Gasteiger partial charge in [0.25, 0.3) is 10.0 Å². The van der Waals surface area contributed by atoms with Crippen LogP contribution >= 0.6 is 23.1 Å². The molecule has 0 bridgehead atoms. The predicted octanol–water partition coefficient (Wildman–Crippen LogP) is 3.37.